The first-order valence-corrected chi connectivity index (χ1v) is 10.9. The highest BCUT2D eigenvalue weighted by Crippen LogP contribution is 2.32. The lowest BCUT2D eigenvalue weighted by Gasteiger charge is -2.12. The van der Waals surface area contributed by atoms with Crippen molar-refractivity contribution in [1.29, 1.82) is 0 Å². The molecule has 1 amide bonds. The van der Waals surface area contributed by atoms with Gasteiger partial charge in [-0.3, -0.25) is 19.6 Å². The molecule has 0 saturated heterocycles. The standard InChI is InChI=1S/C20H15Cl2N3O5S/c1-12-2-6-14(7-3-12)23-20(26)16-10-19(18(25(27)28)11-17(16)22)31(29,30)24-15-8-4-13(21)5-9-15/h2-11,24H,1H3,(H,23,26). The number of amides is 1. The van der Waals surface area contributed by atoms with E-state index >= 15 is 0 Å². The molecule has 0 saturated carbocycles. The number of anilines is 2. The molecule has 3 rings (SSSR count). The van der Waals surface area contributed by atoms with E-state index in [4.69, 9.17) is 23.2 Å². The van der Waals surface area contributed by atoms with E-state index in [2.05, 4.69) is 10.0 Å². The minimum atomic E-state index is -4.43. The fourth-order valence-corrected chi connectivity index (χ4v) is 4.25. The minimum absolute atomic E-state index is 0.138. The van der Waals surface area contributed by atoms with Crippen molar-refractivity contribution in [1.82, 2.24) is 0 Å². The number of hydrogen-bond donors (Lipinski definition) is 2. The zero-order valence-corrected chi connectivity index (χ0v) is 18.3. The number of nitro groups is 1. The molecule has 2 N–H and O–H groups in total. The number of carbonyl (C=O) groups is 1. The van der Waals surface area contributed by atoms with Gasteiger partial charge in [0.1, 0.15) is 0 Å². The van der Waals surface area contributed by atoms with Crippen LogP contribution in [-0.2, 0) is 10.0 Å². The van der Waals surface area contributed by atoms with Crippen molar-refractivity contribution in [3.63, 3.8) is 0 Å². The first-order valence-electron chi connectivity index (χ1n) is 8.71. The third kappa shape index (κ3) is 5.32. The Hall–Kier alpha value is -3.14. The van der Waals surface area contributed by atoms with Gasteiger partial charge in [-0.2, -0.15) is 0 Å². The van der Waals surface area contributed by atoms with Crippen LogP contribution in [0.5, 0.6) is 0 Å². The lowest BCUT2D eigenvalue weighted by molar-refractivity contribution is -0.387. The van der Waals surface area contributed by atoms with Crippen LogP contribution in [0.25, 0.3) is 0 Å². The topological polar surface area (TPSA) is 118 Å². The van der Waals surface area contributed by atoms with Crippen LogP contribution < -0.4 is 10.0 Å². The quantitative estimate of drug-likeness (QED) is 0.368. The van der Waals surface area contributed by atoms with E-state index < -0.39 is 31.4 Å². The second-order valence-electron chi connectivity index (χ2n) is 6.49. The van der Waals surface area contributed by atoms with E-state index in [1.54, 1.807) is 24.3 Å². The average Bonchev–Trinajstić information content (AvgIpc) is 2.70. The Labute approximate surface area is 188 Å². The molecule has 0 aliphatic carbocycles. The average molecular weight is 480 g/mol. The molecule has 0 spiro atoms. The van der Waals surface area contributed by atoms with E-state index in [1.807, 2.05) is 6.92 Å². The van der Waals surface area contributed by atoms with Crippen molar-refractivity contribution in [3.8, 4) is 0 Å². The number of benzene rings is 3. The molecular weight excluding hydrogens is 465 g/mol. The summed E-state index contributed by atoms with van der Waals surface area (Å²) in [7, 11) is -4.43. The van der Waals surface area contributed by atoms with Crippen molar-refractivity contribution >= 4 is 56.2 Å². The number of nitrogens with one attached hydrogen (secondary N) is 2. The normalized spacial score (nSPS) is 11.1. The Morgan fingerprint density at radius 1 is 0.968 bits per heavy atom. The van der Waals surface area contributed by atoms with Gasteiger partial charge in [0.2, 0.25) is 0 Å². The molecule has 160 valence electrons. The lowest BCUT2D eigenvalue weighted by atomic mass is 10.1. The Bertz CT molecular complexity index is 1260. The molecule has 3 aromatic rings. The van der Waals surface area contributed by atoms with Gasteiger partial charge in [0, 0.05) is 22.5 Å². The maximum absolute atomic E-state index is 12.9. The molecule has 0 atom stereocenters. The number of aryl methyl sites for hydroxylation is 1. The Morgan fingerprint density at radius 2 is 1.55 bits per heavy atom. The maximum atomic E-state index is 12.9. The molecule has 3 aromatic carbocycles. The first kappa shape index (κ1) is 22.5. The largest absolute Gasteiger partial charge is 0.322 e. The van der Waals surface area contributed by atoms with Crippen molar-refractivity contribution in [2.45, 2.75) is 11.8 Å². The van der Waals surface area contributed by atoms with Gasteiger partial charge in [0.25, 0.3) is 21.6 Å². The highest BCUT2D eigenvalue weighted by Gasteiger charge is 2.29. The fourth-order valence-electron chi connectivity index (χ4n) is 2.64. The van der Waals surface area contributed by atoms with Gasteiger partial charge in [-0.25, -0.2) is 8.42 Å². The van der Waals surface area contributed by atoms with E-state index in [1.165, 1.54) is 24.3 Å². The summed E-state index contributed by atoms with van der Waals surface area (Å²) in [6.45, 7) is 1.88. The minimum Gasteiger partial charge on any atom is -0.322 e. The number of nitro benzene ring substituents is 1. The number of rotatable bonds is 6. The molecule has 0 fully saturated rings. The lowest BCUT2D eigenvalue weighted by Crippen LogP contribution is -2.18. The van der Waals surface area contributed by atoms with E-state index in [-0.39, 0.29) is 16.3 Å². The Morgan fingerprint density at radius 3 is 2.13 bits per heavy atom. The molecule has 0 aromatic heterocycles. The summed E-state index contributed by atoms with van der Waals surface area (Å²) in [4.78, 5) is 22.6. The van der Waals surface area contributed by atoms with Gasteiger partial charge >= 0.3 is 0 Å². The molecule has 8 nitrogen and oxygen atoms in total. The third-order valence-electron chi connectivity index (χ3n) is 4.19. The fraction of sp³-hybridized carbons (Fsp3) is 0.0500. The second kappa shape index (κ2) is 8.93. The molecule has 0 aliphatic heterocycles. The van der Waals surface area contributed by atoms with Crippen LogP contribution in [0.4, 0.5) is 17.1 Å². The molecule has 0 heterocycles. The van der Waals surface area contributed by atoms with Crippen LogP contribution in [-0.4, -0.2) is 19.2 Å². The Balaban J connectivity index is 2.02. The second-order valence-corrected chi connectivity index (χ2v) is 8.98. The van der Waals surface area contributed by atoms with Crippen LogP contribution >= 0.6 is 23.2 Å². The van der Waals surface area contributed by atoms with Crippen LogP contribution in [0.2, 0.25) is 10.0 Å². The molecule has 31 heavy (non-hydrogen) atoms. The van der Waals surface area contributed by atoms with Crippen molar-refractivity contribution in [3.05, 3.63) is 92.0 Å². The number of sulfonamides is 1. The van der Waals surface area contributed by atoms with E-state index in [0.717, 1.165) is 17.7 Å². The summed E-state index contributed by atoms with van der Waals surface area (Å²) in [5.74, 6) is -0.716. The summed E-state index contributed by atoms with van der Waals surface area (Å²) < 4.78 is 28.0. The Kier molecular flexibility index (Phi) is 6.49. The number of carbonyl (C=O) groups excluding carboxylic acids is 1. The summed E-state index contributed by atoms with van der Waals surface area (Å²) >= 11 is 11.9. The van der Waals surface area contributed by atoms with Crippen molar-refractivity contribution in [2.75, 3.05) is 10.0 Å². The number of halogens is 2. The molecule has 0 unspecified atom stereocenters. The first-order chi connectivity index (χ1) is 14.6. The molecule has 0 bridgehead atoms. The van der Waals surface area contributed by atoms with E-state index in [9.17, 15) is 23.3 Å². The van der Waals surface area contributed by atoms with Crippen LogP contribution in [0, 0.1) is 17.0 Å². The van der Waals surface area contributed by atoms with Crippen LogP contribution in [0.3, 0.4) is 0 Å². The van der Waals surface area contributed by atoms with Gasteiger partial charge in [-0.05, 0) is 49.4 Å². The summed E-state index contributed by atoms with van der Waals surface area (Å²) in [6.07, 6.45) is 0. The van der Waals surface area contributed by atoms with Crippen molar-refractivity contribution < 1.29 is 18.1 Å². The smallest absolute Gasteiger partial charge is 0.291 e. The summed E-state index contributed by atoms with van der Waals surface area (Å²) in [6, 6.07) is 14.3. The molecule has 0 aliphatic rings. The maximum Gasteiger partial charge on any atom is 0.291 e. The third-order valence-corrected chi connectivity index (χ3v) is 6.16. The predicted molar refractivity (Wildman–Crippen MR) is 119 cm³/mol. The van der Waals surface area contributed by atoms with Gasteiger partial charge in [0.15, 0.2) is 4.90 Å². The summed E-state index contributed by atoms with van der Waals surface area (Å²) in [5.41, 5.74) is 0.573. The van der Waals surface area contributed by atoms with Crippen molar-refractivity contribution in [2.24, 2.45) is 0 Å². The molecule has 0 radical (unpaired) electrons. The zero-order valence-electron chi connectivity index (χ0n) is 15.9. The number of nitrogens with zero attached hydrogens (tertiary/aromatic N) is 1. The monoisotopic (exact) mass is 479 g/mol. The van der Waals surface area contributed by atoms with Gasteiger partial charge in [0.05, 0.1) is 15.5 Å². The van der Waals surface area contributed by atoms with Crippen LogP contribution in [0.1, 0.15) is 15.9 Å². The van der Waals surface area contributed by atoms with E-state index in [0.29, 0.717) is 10.7 Å². The van der Waals surface area contributed by atoms with Gasteiger partial charge in [-0.1, -0.05) is 40.9 Å². The molecule has 11 heteroatoms. The van der Waals surface area contributed by atoms with Gasteiger partial charge in [-0.15, -0.1) is 0 Å². The summed E-state index contributed by atoms with van der Waals surface area (Å²) in [5, 5.41) is 14.2. The van der Waals surface area contributed by atoms with Crippen LogP contribution in [0.15, 0.2) is 65.6 Å². The predicted octanol–water partition coefficient (Wildman–Crippen LogP) is 5.26. The SMILES string of the molecule is Cc1ccc(NC(=O)c2cc(S(=O)(=O)Nc3ccc(Cl)cc3)c([N+](=O)[O-])cc2Cl)cc1. The number of hydrogen-bond acceptors (Lipinski definition) is 5. The zero-order chi connectivity index (χ0) is 22.8. The molecular formula is C20H15Cl2N3O5S. The highest BCUT2D eigenvalue weighted by atomic mass is 35.5. The highest BCUT2D eigenvalue weighted by molar-refractivity contribution is 7.92. The van der Waals surface area contributed by atoms with Gasteiger partial charge < -0.3 is 5.32 Å².